The van der Waals surface area contributed by atoms with E-state index in [-0.39, 0.29) is 11.1 Å². The molecule has 2 aromatic heterocycles. The van der Waals surface area contributed by atoms with Gasteiger partial charge in [0.15, 0.2) is 5.69 Å². The lowest BCUT2D eigenvalue weighted by Crippen LogP contribution is -2.22. The minimum atomic E-state index is -1.05. The highest BCUT2D eigenvalue weighted by Gasteiger charge is 2.29. The first kappa shape index (κ1) is 14.6. The predicted molar refractivity (Wildman–Crippen MR) is 76.4 cm³/mol. The number of carbonyl (C=O) groups is 1. The summed E-state index contributed by atoms with van der Waals surface area (Å²) in [6, 6.07) is 0. The summed E-state index contributed by atoms with van der Waals surface area (Å²) in [6.07, 6.45) is 0. The van der Waals surface area contributed by atoms with E-state index in [1.807, 2.05) is 34.6 Å². The first-order valence-electron chi connectivity index (χ1n) is 6.30. The quantitative estimate of drug-likeness (QED) is 0.940. The van der Waals surface area contributed by atoms with Crippen LogP contribution in [0.3, 0.4) is 0 Å². The summed E-state index contributed by atoms with van der Waals surface area (Å²) in [5.41, 5.74) is 1.29. The third-order valence-corrected chi connectivity index (χ3v) is 4.06. The minimum Gasteiger partial charge on any atom is -0.476 e. The van der Waals surface area contributed by atoms with Gasteiger partial charge in [0.05, 0.1) is 17.9 Å². The van der Waals surface area contributed by atoms with Crippen LogP contribution in [0.15, 0.2) is 0 Å². The van der Waals surface area contributed by atoms with Crippen LogP contribution in [0, 0.1) is 13.8 Å². The number of rotatable bonds is 3. The van der Waals surface area contributed by atoms with Crippen LogP contribution in [0.2, 0.25) is 0 Å². The molecule has 0 aliphatic rings. The summed E-state index contributed by atoms with van der Waals surface area (Å²) in [6.45, 7) is 10.3. The molecule has 0 spiro atoms. The van der Waals surface area contributed by atoms with E-state index in [0.717, 1.165) is 15.6 Å². The van der Waals surface area contributed by atoms with E-state index < -0.39 is 5.97 Å². The molecule has 0 aromatic carbocycles. The van der Waals surface area contributed by atoms with Crippen molar-refractivity contribution in [3.63, 3.8) is 0 Å². The number of hydrogen-bond donors (Lipinski definition) is 1. The van der Waals surface area contributed by atoms with Crippen molar-refractivity contribution >= 4 is 17.3 Å². The molecule has 7 heteroatoms. The number of thiazole rings is 1. The molecule has 2 aromatic rings. The van der Waals surface area contributed by atoms with E-state index in [9.17, 15) is 9.90 Å². The highest BCUT2D eigenvalue weighted by Crippen LogP contribution is 2.26. The Bertz CT molecular complexity index is 632. The number of aryl methyl sites for hydroxylation is 2. The van der Waals surface area contributed by atoms with Crippen molar-refractivity contribution in [2.75, 3.05) is 0 Å². The van der Waals surface area contributed by atoms with Gasteiger partial charge >= 0.3 is 5.97 Å². The predicted octanol–water partition coefficient (Wildman–Crippen LogP) is 2.40. The molecule has 0 aliphatic heterocycles. The average Bonchev–Trinajstić information content (AvgIpc) is 2.83. The van der Waals surface area contributed by atoms with Crippen LogP contribution in [0.4, 0.5) is 0 Å². The van der Waals surface area contributed by atoms with Crippen LogP contribution >= 0.6 is 11.3 Å². The number of carboxylic acids is 1. The van der Waals surface area contributed by atoms with Crippen LogP contribution < -0.4 is 0 Å². The van der Waals surface area contributed by atoms with Gasteiger partial charge in [0, 0.05) is 10.3 Å². The molecule has 1 N–H and O–H groups in total. The first-order valence-corrected chi connectivity index (χ1v) is 7.12. The monoisotopic (exact) mass is 294 g/mol. The van der Waals surface area contributed by atoms with Crippen molar-refractivity contribution in [1.82, 2.24) is 20.0 Å². The van der Waals surface area contributed by atoms with Gasteiger partial charge in [-0.05, 0) is 13.8 Å². The Balaban J connectivity index is 2.44. The Morgan fingerprint density at radius 1 is 1.35 bits per heavy atom. The molecule has 0 atom stereocenters. The zero-order valence-corrected chi connectivity index (χ0v) is 13.1. The fourth-order valence-electron chi connectivity index (χ4n) is 2.05. The summed E-state index contributed by atoms with van der Waals surface area (Å²) in [5.74, 6) is -1.05. The highest BCUT2D eigenvalue weighted by atomic mass is 32.1. The van der Waals surface area contributed by atoms with Gasteiger partial charge in [-0.25, -0.2) is 14.5 Å². The number of hydrogen-bond acceptors (Lipinski definition) is 5. The maximum Gasteiger partial charge on any atom is 0.358 e. The van der Waals surface area contributed by atoms with E-state index in [2.05, 4.69) is 15.3 Å². The van der Waals surface area contributed by atoms with E-state index in [1.165, 1.54) is 0 Å². The van der Waals surface area contributed by atoms with Gasteiger partial charge in [0.1, 0.15) is 5.01 Å². The first-order chi connectivity index (χ1) is 9.20. The smallest absolute Gasteiger partial charge is 0.358 e. The van der Waals surface area contributed by atoms with Gasteiger partial charge in [0.2, 0.25) is 0 Å². The molecule has 0 radical (unpaired) electrons. The van der Waals surface area contributed by atoms with E-state index >= 15 is 0 Å². The summed E-state index contributed by atoms with van der Waals surface area (Å²) in [7, 11) is 0. The van der Waals surface area contributed by atoms with Crippen LogP contribution in [0.5, 0.6) is 0 Å². The maximum absolute atomic E-state index is 11.3. The number of carboxylic acid groups (broad SMARTS) is 1. The molecule has 0 saturated carbocycles. The lowest BCUT2D eigenvalue weighted by molar-refractivity contribution is 0.0687. The van der Waals surface area contributed by atoms with E-state index in [1.54, 1.807) is 16.0 Å². The van der Waals surface area contributed by atoms with Gasteiger partial charge in [-0.2, -0.15) is 0 Å². The SMILES string of the molecule is Cc1nc(Cn2nnc(C(=O)O)c2C(C)(C)C)sc1C. The fourth-order valence-corrected chi connectivity index (χ4v) is 2.96. The standard InChI is InChI=1S/C13H18N4O2S/c1-7-8(2)20-9(14-7)6-17-11(13(3,4)5)10(12(18)19)15-16-17/h6H2,1-5H3,(H,18,19). The Morgan fingerprint density at radius 3 is 2.45 bits per heavy atom. The van der Waals surface area contributed by atoms with Gasteiger partial charge < -0.3 is 5.11 Å². The molecular weight excluding hydrogens is 276 g/mol. The molecule has 2 heterocycles. The summed E-state index contributed by atoms with van der Waals surface area (Å²) in [4.78, 5) is 16.9. The summed E-state index contributed by atoms with van der Waals surface area (Å²) in [5, 5.41) is 17.9. The number of aromatic carboxylic acids is 1. The molecule has 2 rings (SSSR count). The Labute approximate surface area is 121 Å². The van der Waals surface area contributed by atoms with Crippen LogP contribution in [0.25, 0.3) is 0 Å². The Morgan fingerprint density at radius 2 is 2.00 bits per heavy atom. The van der Waals surface area contributed by atoms with E-state index in [0.29, 0.717) is 12.2 Å². The molecule has 0 aliphatic carbocycles. The largest absolute Gasteiger partial charge is 0.476 e. The van der Waals surface area contributed by atoms with Crippen molar-refractivity contribution in [2.45, 2.75) is 46.6 Å². The molecule has 0 amide bonds. The summed E-state index contributed by atoms with van der Waals surface area (Å²) >= 11 is 1.60. The van der Waals surface area contributed by atoms with Crippen molar-refractivity contribution in [3.8, 4) is 0 Å². The molecule has 6 nitrogen and oxygen atoms in total. The van der Waals surface area contributed by atoms with Gasteiger partial charge in [0.25, 0.3) is 0 Å². The zero-order valence-electron chi connectivity index (χ0n) is 12.3. The zero-order chi connectivity index (χ0) is 15.1. The molecule has 0 saturated heterocycles. The lowest BCUT2D eigenvalue weighted by Gasteiger charge is -2.19. The maximum atomic E-state index is 11.3. The fraction of sp³-hybridized carbons (Fsp3) is 0.538. The third-order valence-electron chi connectivity index (χ3n) is 3.01. The number of nitrogens with zero attached hydrogens (tertiary/aromatic N) is 4. The van der Waals surface area contributed by atoms with Crippen molar-refractivity contribution < 1.29 is 9.90 Å². The third kappa shape index (κ3) is 2.72. The van der Waals surface area contributed by atoms with Crippen molar-refractivity contribution in [2.24, 2.45) is 0 Å². The second-order valence-electron chi connectivity index (χ2n) is 5.75. The molecule has 0 fully saturated rings. The van der Waals surface area contributed by atoms with Crippen LogP contribution in [0.1, 0.15) is 52.5 Å². The molecule has 108 valence electrons. The average molecular weight is 294 g/mol. The topological polar surface area (TPSA) is 80.9 Å². The molecule has 0 unspecified atom stereocenters. The van der Waals surface area contributed by atoms with Crippen LogP contribution in [-0.4, -0.2) is 31.1 Å². The molecule has 0 bridgehead atoms. The normalized spacial score (nSPS) is 11.8. The Kier molecular flexibility index (Phi) is 3.64. The molecule has 20 heavy (non-hydrogen) atoms. The van der Waals surface area contributed by atoms with Gasteiger partial charge in [-0.15, -0.1) is 16.4 Å². The number of aromatic nitrogens is 4. The highest BCUT2D eigenvalue weighted by molar-refractivity contribution is 7.11. The Hall–Kier alpha value is -1.76. The van der Waals surface area contributed by atoms with Crippen LogP contribution in [-0.2, 0) is 12.0 Å². The second kappa shape index (κ2) is 4.97. The van der Waals surface area contributed by atoms with Gasteiger partial charge in [-0.3, -0.25) is 0 Å². The lowest BCUT2D eigenvalue weighted by atomic mass is 9.90. The van der Waals surface area contributed by atoms with Crippen molar-refractivity contribution in [3.05, 3.63) is 27.0 Å². The van der Waals surface area contributed by atoms with Crippen molar-refractivity contribution in [1.29, 1.82) is 0 Å². The summed E-state index contributed by atoms with van der Waals surface area (Å²) < 4.78 is 1.64. The molecular formula is C13H18N4O2S. The van der Waals surface area contributed by atoms with Gasteiger partial charge in [-0.1, -0.05) is 26.0 Å². The van der Waals surface area contributed by atoms with E-state index in [4.69, 9.17) is 0 Å². The minimum absolute atomic E-state index is 0.0162. The second-order valence-corrected chi connectivity index (χ2v) is 7.04.